The molecule has 0 unspecified atom stereocenters. The number of nitrogens with two attached hydrogens (primary N) is 1. The fourth-order valence-electron chi connectivity index (χ4n) is 3.90. The van der Waals surface area contributed by atoms with Gasteiger partial charge in [-0.3, -0.25) is 0 Å². The molecule has 1 aromatic rings. The molecule has 1 saturated carbocycles. The Hall–Kier alpha value is -2.12. The van der Waals surface area contributed by atoms with Crippen molar-refractivity contribution in [2.45, 2.75) is 11.8 Å². The first-order chi connectivity index (χ1) is 10.6. The van der Waals surface area contributed by atoms with Gasteiger partial charge in [-0.2, -0.15) is 10.5 Å². The summed E-state index contributed by atoms with van der Waals surface area (Å²) in [6.07, 6.45) is 0. The third-order valence-electron chi connectivity index (χ3n) is 4.79. The lowest BCUT2D eigenvalue weighted by atomic mass is 9.94. The predicted molar refractivity (Wildman–Crippen MR) is 76.5 cm³/mol. The molecule has 3 aliphatic rings. The summed E-state index contributed by atoms with van der Waals surface area (Å²) < 4.78 is 11.3. The van der Waals surface area contributed by atoms with Gasteiger partial charge in [0.2, 0.25) is 0 Å². The van der Waals surface area contributed by atoms with E-state index in [4.69, 9.17) is 26.8 Å². The van der Waals surface area contributed by atoms with E-state index in [0.717, 1.165) is 5.56 Å². The van der Waals surface area contributed by atoms with Crippen LogP contribution in [0.2, 0.25) is 5.02 Å². The molecule has 0 radical (unpaired) electrons. The lowest BCUT2D eigenvalue weighted by Crippen LogP contribution is -2.38. The molecule has 2 N–H and O–H groups in total. The Bertz CT molecular complexity index is 789. The van der Waals surface area contributed by atoms with E-state index >= 15 is 0 Å². The van der Waals surface area contributed by atoms with Crippen molar-refractivity contribution in [2.75, 3.05) is 13.2 Å². The number of nitrogens with zero attached hydrogens (tertiary/aromatic N) is 3. The van der Waals surface area contributed by atoms with Gasteiger partial charge in [0, 0.05) is 10.9 Å². The molecule has 22 heavy (non-hydrogen) atoms. The van der Waals surface area contributed by atoms with Crippen LogP contribution in [0.1, 0.15) is 11.5 Å². The fraction of sp³-hybridized carbons (Fsp3) is 0.400. The maximum atomic E-state index is 9.88. The Morgan fingerprint density at radius 2 is 2.00 bits per heavy atom. The van der Waals surface area contributed by atoms with Gasteiger partial charge < -0.3 is 15.2 Å². The van der Waals surface area contributed by atoms with Crippen molar-refractivity contribution in [1.82, 2.24) is 0 Å². The van der Waals surface area contributed by atoms with Gasteiger partial charge in [-0.1, -0.05) is 23.7 Å². The van der Waals surface area contributed by atoms with E-state index in [9.17, 15) is 10.5 Å². The first-order valence-electron chi connectivity index (χ1n) is 6.80. The molecule has 4 rings (SSSR count). The molecule has 2 fully saturated rings. The van der Waals surface area contributed by atoms with E-state index in [1.54, 1.807) is 18.2 Å². The second-order valence-electron chi connectivity index (χ2n) is 5.60. The van der Waals surface area contributed by atoms with Crippen LogP contribution in [0.4, 0.5) is 0 Å². The summed E-state index contributed by atoms with van der Waals surface area (Å²) in [6.45, 7) is 0.619. The molecule has 2 aliphatic heterocycles. The van der Waals surface area contributed by atoms with Gasteiger partial charge >= 0.3 is 0 Å². The molecule has 1 spiro atoms. The number of amidine groups is 1. The second kappa shape index (κ2) is 3.99. The van der Waals surface area contributed by atoms with Crippen LogP contribution in [0.15, 0.2) is 29.3 Å². The van der Waals surface area contributed by atoms with Gasteiger partial charge in [0.15, 0.2) is 5.41 Å². The molecule has 2 heterocycles. The van der Waals surface area contributed by atoms with Gasteiger partial charge in [0.1, 0.15) is 11.3 Å². The Balaban J connectivity index is 1.94. The van der Waals surface area contributed by atoms with Crippen LogP contribution in [0.3, 0.4) is 0 Å². The molecule has 0 aromatic heterocycles. The van der Waals surface area contributed by atoms with E-state index in [0.29, 0.717) is 18.2 Å². The maximum Gasteiger partial charge on any atom is 0.293 e. The molecule has 1 aromatic carbocycles. The molecule has 0 amide bonds. The van der Waals surface area contributed by atoms with Crippen LogP contribution < -0.4 is 5.73 Å². The predicted octanol–water partition coefficient (Wildman–Crippen LogP) is 1.53. The first-order valence-corrected chi connectivity index (χ1v) is 7.17. The second-order valence-corrected chi connectivity index (χ2v) is 6.04. The SMILES string of the molecule is N#C[C@@]12C(N)=NC3(OCCO3)[C@]1(C#N)[C@@H]2c1cccc(Cl)c1. The van der Waals surface area contributed by atoms with Crippen LogP contribution in [-0.4, -0.2) is 25.0 Å². The van der Waals surface area contributed by atoms with E-state index in [-0.39, 0.29) is 5.84 Å². The van der Waals surface area contributed by atoms with E-state index in [1.165, 1.54) is 0 Å². The Labute approximate surface area is 131 Å². The minimum absolute atomic E-state index is 0.0865. The topological polar surface area (TPSA) is 104 Å². The number of hydrogen-bond donors (Lipinski definition) is 1. The summed E-state index contributed by atoms with van der Waals surface area (Å²) >= 11 is 6.05. The van der Waals surface area contributed by atoms with Crippen molar-refractivity contribution >= 4 is 17.4 Å². The normalized spacial score (nSPS) is 37.2. The average molecular weight is 315 g/mol. The summed E-state index contributed by atoms with van der Waals surface area (Å²) in [5.41, 5.74) is 4.27. The lowest BCUT2D eigenvalue weighted by molar-refractivity contribution is -0.184. The molecule has 1 aliphatic carbocycles. The number of halogens is 1. The van der Waals surface area contributed by atoms with Gasteiger partial charge in [-0.15, -0.1) is 0 Å². The highest BCUT2D eigenvalue weighted by atomic mass is 35.5. The lowest BCUT2D eigenvalue weighted by Gasteiger charge is -2.25. The van der Waals surface area contributed by atoms with Crippen LogP contribution in [0.25, 0.3) is 0 Å². The van der Waals surface area contributed by atoms with Crippen molar-refractivity contribution in [2.24, 2.45) is 21.6 Å². The highest BCUT2D eigenvalue weighted by molar-refractivity contribution is 6.30. The van der Waals surface area contributed by atoms with Crippen molar-refractivity contribution in [3.05, 3.63) is 34.9 Å². The zero-order valence-corrected chi connectivity index (χ0v) is 12.2. The molecule has 3 atom stereocenters. The summed E-state index contributed by atoms with van der Waals surface area (Å²) in [6, 6.07) is 11.5. The quantitative estimate of drug-likeness (QED) is 0.846. The summed E-state index contributed by atoms with van der Waals surface area (Å²) in [4.78, 5) is 4.21. The third-order valence-corrected chi connectivity index (χ3v) is 5.02. The number of fused-ring (bicyclic) bond motifs is 2. The number of nitriles is 2. The average Bonchev–Trinajstić information content (AvgIpc) is 2.77. The number of benzene rings is 1. The minimum Gasteiger partial charge on any atom is -0.386 e. The number of rotatable bonds is 1. The maximum absolute atomic E-state index is 9.88. The molecular formula is C15H11ClN4O2. The Morgan fingerprint density at radius 1 is 1.27 bits per heavy atom. The minimum atomic E-state index is -1.49. The van der Waals surface area contributed by atoms with Crippen LogP contribution in [-0.2, 0) is 9.47 Å². The molecule has 7 heteroatoms. The van der Waals surface area contributed by atoms with Gasteiger partial charge in [0.05, 0.1) is 25.4 Å². The van der Waals surface area contributed by atoms with Crippen molar-refractivity contribution in [3.63, 3.8) is 0 Å². The molecular weight excluding hydrogens is 304 g/mol. The smallest absolute Gasteiger partial charge is 0.293 e. The summed E-state index contributed by atoms with van der Waals surface area (Å²) in [5.74, 6) is -1.89. The van der Waals surface area contributed by atoms with Crippen molar-refractivity contribution in [3.8, 4) is 12.1 Å². The van der Waals surface area contributed by atoms with Crippen molar-refractivity contribution < 1.29 is 9.47 Å². The molecule has 1 saturated heterocycles. The highest BCUT2D eigenvalue weighted by Crippen LogP contribution is 2.82. The van der Waals surface area contributed by atoms with Gasteiger partial charge in [-0.25, -0.2) is 4.99 Å². The standard InChI is InChI=1S/C15H11ClN4O2/c16-10-3-1-2-9(6-10)11-13(7-17)12(19)20-15(14(11,13)8-18)21-4-5-22-15/h1-3,6,11H,4-5H2,(H2,19,20)/t11-,13-,14-/m1/s1. The highest BCUT2D eigenvalue weighted by Gasteiger charge is 2.94. The monoisotopic (exact) mass is 314 g/mol. The van der Waals surface area contributed by atoms with E-state index < -0.39 is 22.7 Å². The number of hydrogen-bond acceptors (Lipinski definition) is 6. The number of aliphatic imine (C=N–C) groups is 1. The summed E-state index contributed by atoms with van der Waals surface area (Å²) in [7, 11) is 0. The van der Waals surface area contributed by atoms with Crippen molar-refractivity contribution in [1.29, 1.82) is 10.5 Å². The zero-order chi connectivity index (χ0) is 15.6. The van der Waals surface area contributed by atoms with E-state index in [1.807, 2.05) is 6.07 Å². The zero-order valence-electron chi connectivity index (χ0n) is 11.4. The molecule has 110 valence electrons. The molecule has 6 nitrogen and oxygen atoms in total. The fourth-order valence-corrected chi connectivity index (χ4v) is 4.10. The van der Waals surface area contributed by atoms with Crippen LogP contribution >= 0.6 is 11.6 Å². The van der Waals surface area contributed by atoms with Crippen LogP contribution in [0.5, 0.6) is 0 Å². The van der Waals surface area contributed by atoms with Gasteiger partial charge in [0.25, 0.3) is 5.91 Å². The summed E-state index contributed by atoms with van der Waals surface area (Å²) in [5, 5.41) is 20.2. The largest absolute Gasteiger partial charge is 0.386 e. The molecule has 0 bridgehead atoms. The Morgan fingerprint density at radius 3 is 2.59 bits per heavy atom. The van der Waals surface area contributed by atoms with Crippen LogP contribution in [0, 0.1) is 33.5 Å². The van der Waals surface area contributed by atoms with E-state index in [2.05, 4.69) is 17.1 Å². The number of ether oxygens (including phenoxy) is 2. The first kappa shape index (κ1) is 13.5. The third kappa shape index (κ3) is 1.17. The van der Waals surface area contributed by atoms with Gasteiger partial charge in [-0.05, 0) is 17.7 Å². The Kier molecular flexibility index (Phi) is 2.46.